The molecule has 0 saturated carbocycles. The molecule has 5 nitrogen and oxygen atoms in total. The fourth-order valence-electron chi connectivity index (χ4n) is 2.14. The lowest BCUT2D eigenvalue weighted by Gasteiger charge is -2.12. The minimum atomic E-state index is -0.211. The number of amides is 1. The monoisotopic (exact) mass is 329 g/mol. The number of carbonyl (C=O) groups excluding carboxylic acids is 1. The van der Waals surface area contributed by atoms with Crippen molar-refractivity contribution in [2.24, 2.45) is 0 Å². The van der Waals surface area contributed by atoms with Crippen LogP contribution in [0.5, 0.6) is 11.5 Å². The first-order valence-electron chi connectivity index (χ1n) is 8.08. The van der Waals surface area contributed by atoms with E-state index in [4.69, 9.17) is 14.2 Å². The summed E-state index contributed by atoms with van der Waals surface area (Å²) < 4.78 is 16.3. The van der Waals surface area contributed by atoms with E-state index >= 15 is 0 Å². The van der Waals surface area contributed by atoms with Gasteiger partial charge in [-0.15, -0.1) is 0 Å². The predicted octanol–water partition coefficient (Wildman–Crippen LogP) is 3.75. The van der Waals surface area contributed by atoms with E-state index in [-0.39, 0.29) is 5.91 Å². The molecular formula is C19H23NO4. The maximum atomic E-state index is 12.5. The maximum absolute atomic E-state index is 12.5. The van der Waals surface area contributed by atoms with E-state index in [2.05, 4.69) is 5.32 Å². The number of nitrogens with one attached hydrogen (secondary N) is 1. The Bertz CT molecular complexity index is 657. The zero-order valence-electron chi connectivity index (χ0n) is 14.1. The maximum Gasteiger partial charge on any atom is 0.255 e. The lowest BCUT2D eigenvalue weighted by Crippen LogP contribution is -2.13. The molecule has 0 aliphatic carbocycles. The predicted molar refractivity (Wildman–Crippen MR) is 94.0 cm³/mol. The summed E-state index contributed by atoms with van der Waals surface area (Å²) in [5.74, 6) is 1.08. The molecule has 24 heavy (non-hydrogen) atoms. The van der Waals surface area contributed by atoms with E-state index in [0.717, 1.165) is 0 Å². The third-order valence-electron chi connectivity index (χ3n) is 3.23. The van der Waals surface area contributed by atoms with Gasteiger partial charge in [-0.2, -0.15) is 0 Å². The van der Waals surface area contributed by atoms with Crippen molar-refractivity contribution in [3.63, 3.8) is 0 Å². The quantitative estimate of drug-likeness (QED) is 0.712. The molecule has 0 saturated heterocycles. The van der Waals surface area contributed by atoms with Crippen molar-refractivity contribution in [2.75, 3.05) is 31.7 Å². The Balaban J connectivity index is 2.02. The standard InChI is InChI=1S/C19H23NO4/c1-3-22-12-13-24-16-9-7-8-15(14-16)19(21)20-17-10-5-6-11-18(17)23-4-2/h5-11,14H,3-4,12-13H2,1-2H3,(H,20,21). The first kappa shape index (κ1) is 17.8. The Morgan fingerprint density at radius 2 is 1.79 bits per heavy atom. The first-order chi connectivity index (χ1) is 11.7. The van der Waals surface area contributed by atoms with Crippen LogP contribution in [-0.4, -0.2) is 32.3 Å². The highest BCUT2D eigenvalue weighted by Gasteiger charge is 2.10. The molecule has 0 spiro atoms. The van der Waals surface area contributed by atoms with E-state index in [0.29, 0.717) is 49.2 Å². The van der Waals surface area contributed by atoms with Crippen molar-refractivity contribution in [3.05, 3.63) is 54.1 Å². The Morgan fingerprint density at radius 1 is 0.958 bits per heavy atom. The molecular weight excluding hydrogens is 306 g/mol. The number of benzene rings is 2. The minimum absolute atomic E-state index is 0.211. The second kappa shape index (κ2) is 9.57. The first-order valence-corrected chi connectivity index (χ1v) is 8.08. The summed E-state index contributed by atoms with van der Waals surface area (Å²) in [5.41, 5.74) is 1.17. The molecule has 2 aromatic carbocycles. The molecule has 1 N–H and O–H groups in total. The van der Waals surface area contributed by atoms with Crippen LogP contribution in [0.3, 0.4) is 0 Å². The Morgan fingerprint density at radius 3 is 2.58 bits per heavy atom. The molecule has 0 radical (unpaired) electrons. The highest BCUT2D eigenvalue weighted by Crippen LogP contribution is 2.24. The van der Waals surface area contributed by atoms with Crippen molar-refractivity contribution in [3.8, 4) is 11.5 Å². The molecule has 128 valence electrons. The van der Waals surface area contributed by atoms with Gasteiger partial charge >= 0.3 is 0 Å². The van der Waals surface area contributed by atoms with Crippen LogP contribution in [0.15, 0.2) is 48.5 Å². The third-order valence-corrected chi connectivity index (χ3v) is 3.23. The molecule has 0 unspecified atom stereocenters. The zero-order valence-corrected chi connectivity index (χ0v) is 14.1. The fraction of sp³-hybridized carbons (Fsp3) is 0.316. The number of hydrogen-bond donors (Lipinski definition) is 1. The molecule has 0 aliphatic heterocycles. The highest BCUT2D eigenvalue weighted by molar-refractivity contribution is 6.05. The van der Waals surface area contributed by atoms with Gasteiger partial charge in [-0.1, -0.05) is 18.2 Å². The molecule has 2 rings (SSSR count). The van der Waals surface area contributed by atoms with Gasteiger partial charge in [0.05, 0.1) is 18.9 Å². The average molecular weight is 329 g/mol. The summed E-state index contributed by atoms with van der Waals surface area (Å²) in [6.45, 7) is 6.01. The van der Waals surface area contributed by atoms with E-state index in [9.17, 15) is 4.79 Å². The SMILES string of the molecule is CCOCCOc1cccc(C(=O)Nc2ccccc2OCC)c1. The molecule has 0 atom stereocenters. The number of hydrogen-bond acceptors (Lipinski definition) is 4. The second-order valence-corrected chi connectivity index (χ2v) is 4.96. The Hall–Kier alpha value is -2.53. The highest BCUT2D eigenvalue weighted by atomic mass is 16.5. The van der Waals surface area contributed by atoms with Gasteiger partial charge in [0.1, 0.15) is 18.1 Å². The van der Waals surface area contributed by atoms with Crippen LogP contribution in [0, 0.1) is 0 Å². The Labute approximate surface area is 142 Å². The molecule has 0 aromatic heterocycles. The van der Waals surface area contributed by atoms with Gasteiger partial charge in [-0.3, -0.25) is 4.79 Å². The summed E-state index contributed by atoms with van der Waals surface area (Å²) in [6, 6.07) is 14.4. The zero-order chi connectivity index (χ0) is 17.2. The number of anilines is 1. The second-order valence-electron chi connectivity index (χ2n) is 4.96. The van der Waals surface area contributed by atoms with Crippen molar-refractivity contribution in [1.29, 1.82) is 0 Å². The van der Waals surface area contributed by atoms with E-state index in [1.54, 1.807) is 18.2 Å². The molecule has 5 heteroatoms. The molecule has 1 amide bonds. The normalized spacial score (nSPS) is 10.2. The van der Waals surface area contributed by atoms with Gasteiger partial charge in [0.25, 0.3) is 5.91 Å². The van der Waals surface area contributed by atoms with Crippen LogP contribution >= 0.6 is 0 Å². The summed E-state index contributed by atoms with van der Waals surface area (Å²) >= 11 is 0. The van der Waals surface area contributed by atoms with Crippen LogP contribution in [-0.2, 0) is 4.74 Å². The van der Waals surface area contributed by atoms with E-state index < -0.39 is 0 Å². The van der Waals surface area contributed by atoms with Crippen molar-refractivity contribution >= 4 is 11.6 Å². The number of para-hydroxylation sites is 2. The van der Waals surface area contributed by atoms with Crippen LogP contribution in [0.1, 0.15) is 24.2 Å². The molecule has 0 fully saturated rings. The molecule has 0 aliphatic rings. The average Bonchev–Trinajstić information content (AvgIpc) is 2.61. The molecule has 2 aromatic rings. The number of carbonyl (C=O) groups is 1. The van der Waals surface area contributed by atoms with Gasteiger partial charge in [0, 0.05) is 12.2 Å². The van der Waals surface area contributed by atoms with Crippen LogP contribution < -0.4 is 14.8 Å². The third kappa shape index (κ3) is 5.28. The van der Waals surface area contributed by atoms with Crippen LogP contribution in [0.25, 0.3) is 0 Å². The summed E-state index contributed by atoms with van der Waals surface area (Å²) in [6.07, 6.45) is 0. The van der Waals surface area contributed by atoms with Crippen molar-refractivity contribution in [1.82, 2.24) is 0 Å². The van der Waals surface area contributed by atoms with E-state index in [1.165, 1.54) is 0 Å². The minimum Gasteiger partial charge on any atom is -0.492 e. The van der Waals surface area contributed by atoms with Crippen molar-refractivity contribution < 1.29 is 19.0 Å². The van der Waals surface area contributed by atoms with Gasteiger partial charge in [0.15, 0.2) is 0 Å². The van der Waals surface area contributed by atoms with Gasteiger partial charge in [0.2, 0.25) is 0 Å². The Kier molecular flexibility index (Phi) is 7.11. The van der Waals surface area contributed by atoms with Gasteiger partial charge in [-0.05, 0) is 44.2 Å². The molecule has 0 heterocycles. The lowest BCUT2D eigenvalue weighted by molar-refractivity contribution is 0.102. The number of rotatable bonds is 9. The topological polar surface area (TPSA) is 56.8 Å². The summed E-state index contributed by atoms with van der Waals surface area (Å²) in [5, 5.41) is 2.87. The number of ether oxygens (including phenoxy) is 3. The van der Waals surface area contributed by atoms with Crippen LogP contribution in [0.4, 0.5) is 5.69 Å². The van der Waals surface area contributed by atoms with Gasteiger partial charge < -0.3 is 19.5 Å². The summed E-state index contributed by atoms with van der Waals surface area (Å²) in [4.78, 5) is 12.5. The smallest absolute Gasteiger partial charge is 0.255 e. The van der Waals surface area contributed by atoms with E-state index in [1.807, 2.05) is 44.2 Å². The van der Waals surface area contributed by atoms with Gasteiger partial charge in [-0.25, -0.2) is 0 Å². The lowest BCUT2D eigenvalue weighted by atomic mass is 10.2. The van der Waals surface area contributed by atoms with Crippen LogP contribution in [0.2, 0.25) is 0 Å². The van der Waals surface area contributed by atoms with Crippen molar-refractivity contribution in [2.45, 2.75) is 13.8 Å². The fourth-order valence-corrected chi connectivity index (χ4v) is 2.14. The molecule has 0 bridgehead atoms. The largest absolute Gasteiger partial charge is 0.492 e. The summed E-state index contributed by atoms with van der Waals surface area (Å²) in [7, 11) is 0.